The lowest BCUT2D eigenvalue weighted by Gasteiger charge is -2.12. The highest BCUT2D eigenvalue weighted by molar-refractivity contribution is 9.08. The van der Waals surface area contributed by atoms with E-state index in [4.69, 9.17) is 4.74 Å². The summed E-state index contributed by atoms with van der Waals surface area (Å²) in [6.45, 7) is 4.90. The van der Waals surface area contributed by atoms with Crippen molar-refractivity contribution >= 4 is 15.9 Å². The fraction of sp³-hybridized carbons (Fsp3) is 0.438. The van der Waals surface area contributed by atoms with Gasteiger partial charge in [0.15, 0.2) is 0 Å². The van der Waals surface area contributed by atoms with Crippen molar-refractivity contribution in [2.24, 2.45) is 0 Å². The second kappa shape index (κ2) is 7.48. The van der Waals surface area contributed by atoms with Crippen LogP contribution in [0.25, 0.3) is 0 Å². The van der Waals surface area contributed by atoms with Crippen molar-refractivity contribution in [2.75, 3.05) is 0 Å². The Bertz CT molecular complexity index is 535. The first-order valence-electron chi connectivity index (χ1n) is 7.09. The minimum Gasteiger partial charge on any atom is -0.487 e. The summed E-state index contributed by atoms with van der Waals surface area (Å²) in [7, 11) is 0. The Morgan fingerprint density at radius 3 is 2.65 bits per heavy atom. The molecule has 0 aliphatic carbocycles. The Balaban J connectivity index is 2.01. The number of rotatable bonds is 7. The van der Waals surface area contributed by atoms with Gasteiger partial charge < -0.3 is 4.74 Å². The van der Waals surface area contributed by atoms with E-state index in [0.29, 0.717) is 12.6 Å². The molecule has 0 radical (unpaired) electrons. The van der Waals surface area contributed by atoms with Gasteiger partial charge in [0.2, 0.25) is 0 Å². The molecule has 0 unspecified atom stereocenters. The zero-order valence-corrected chi connectivity index (χ0v) is 13.6. The normalized spacial score (nSPS) is 11.0. The average Bonchev–Trinajstić information content (AvgIpc) is 2.95. The van der Waals surface area contributed by atoms with E-state index in [1.54, 1.807) is 0 Å². The lowest BCUT2D eigenvalue weighted by atomic mass is 10.2. The van der Waals surface area contributed by atoms with E-state index >= 15 is 0 Å². The zero-order chi connectivity index (χ0) is 14.4. The molecule has 0 bridgehead atoms. The number of para-hydroxylation sites is 1. The molecule has 0 amide bonds. The Kier molecular flexibility index (Phi) is 5.65. The van der Waals surface area contributed by atoms with Gasteiger partial charge >= 0.3 is 0 Å². The van der Waals surface area contributed by atoms with Crippen LogP contribution in [0.3, 0.4) is 0 Å². The second-order valence-corrected chi connectivity index (χ2v) is 5.35. The van der Waals surface area contributed by atoms with Gasteiger partial charge in [-0.3, -0.25) is 4.68 Å². The summed E-state index contributed by atoms with van der Waals surface area (Å²) in [5.74, 6) is 0.918. The van der Waals surface area contributed by atoms with Gasteiger partial charge in [0.25, 0.3) is 0 Å². The molecule has 1 aromatic heterocycles. The SMILES string of the molecule is CCC(CC)n1ccc(COc2ccccc2CBr)n1. The smallest absolute Gasteiger partial charge is 0.132 e. The number of benzene rings is 1. The summed E-state index contributed by atoms with van der Waals surface area (Å²) >= 11 is 3.48. The number of alkyl halides is 1. The van der Waals surface area contributed by atoms with Gasteiger partial charge in [0.1, 0.15) is 12.4 Å². The summed E-state index contributed by atoms with van der Waals surface area (Å²) in [4.78, 5) is 0. The van der Waals surface area contributed by atoms with E-state index in [2.05, 4.69) is 45.6 Å². The summed E-state index contributed by atoms with van der Waals surface area (Å²) < 4.78 is 7.92. The molecule has 0 saturated carbocycles. The van der Waals surface area contributed by atoms with Crippen molar-refractivity contribution in [1.29, 1.82) is 0 Å². The second-order valence-electron chi connectivity index (χ2n) is 4.79. The molecule has 0 atom stereocenters. The first-order chi connectivity index (χ1) is 9.78. The molecule has 0 aliphatic rings. The third kappa shape index (κ3) is 3.63. The molecule has 20 heavy (non-hydrogen) atoms. The van der Waals surface area contributed by atoms with Gasteiger partial charge in [-0.15, -0.1) is 0 Å². The maximum atomic E-state index is 5.87. The minimum absolute atomic E-state index is 0.485. The molecule has 0 fully saturated rings. The van der Waals surface area contributed by atoms with Gasteiger partial charge in [0.05, 0.1) is 11.7 Å². The molecule has 3 nitrogen and oxygen atoms in total. The summed E-state index contributed by atoms with van der Waals surface area (Å²) in [6.07, 6.45) is 4.25. The highest BCUT2D eigenvalue weighted by Gasteiger charge is 2.09. The van der Waals surface area contributed by atoms with Crippen molar-refractivity contribution in [3.8, 4) is 5.75 Å². The van der Waals surface area contributed by atoms with Crippen molar-refractivity contribution in [3.05, 3.63) is 47.8 Å². The van der Waals surface area contributed by atoms with Crippen LogP contribution in [0, 0.1) is 0 Å². The van der Waals surface area contributed by atoms with Gasteiger partial charge in [-0.1, -0.05) is 48.0 Å². The van der Waals surface area contributed by atoms with Crippen molar-refractivity contribution in [1.82, 2.24) is 9.78 Å². The fourth-order valence-electron chi connectivity index (χ4n) is 2.23. The average molecular weight is 337 g/mol. The highest BCUT2D eigenvalue weighted by Crippen LogP contribution is 2.21. The van der Waals surface area contributed by atoms with Crippen LogP contribution in [-0.4, -0.2) is 9.78 Å². The molecule has 0 spiro atoms. The molecule has 2 rings (SSSR count). The molecule has 4 heteroatoms. The van der Waals surface area contributed by atoms with Crippen molar-refractivity contribution in [3.63, 3.8) is 0 Å². The van der Waals surface area contributed by atoms with Crippen LogP contribution in [0.15, 0.2) is 36.5 Å². The Morgan fingerprint density at radius 1 is 1.20 bits per heavy atom. The van der Waals surface area contributed by atoms with Gasteiger partial charge in [-0.25, -0.2) is 0 Å². The van der Waals surface area contributed by atoms with E-state index in [1.165, 1.54) is 0 Å². The number of nitrogens with zero attached hydrogens (tertiary/aromatic N) is 2. The Hall–Kier alpha value is -1.29. The van der Waals surface area contributed by atoms with E-state index in [-0.39, 0.29) is 0 Å². The molecular weight excluding hydrogens is 316 g/mol. The summed E-state index contributed by atoms with van der Waals surface area (Å²) in [6, 6.07) is 10.6. The van der Waals surface area contributed by atoms with Crippen LogP contribution in [0.4, 0.5) is 0 Å². The number of hydrogen-bond donors (Lipinski definition) is 0. The summed E-state index contributed by atoms with van der Waals surface area (Å²) in [5, 5.41) is 5.40. The maximum Gasteiger partial charge on any atom is 0.132 e. The van der Waals surface area contributed by atoms with Crippen molar-refractivity contribution < 1.29 is 4.74 Å². The molecule has 0 aliphatic heterocycles. The Morgan fingerprint density at radius 2 is 1.95 bits per heavy atom. The van der Waals surface area contributed by atoms with Gasteiger partial charge in [-0.2, -0.15) is 5.10 Å². The predicted octanol–water partition coefficient (Wildman–Crippen LogP) is 4.72. The maximum absolute atomic E-state index is 5.87. The monoisotopic (exact) mass is 336 g/mol. The largest absolute Gasteiger partial charge is 0.487 e. The molecule has 1 aromatic carbocycles. The summed E-state index contributed by atoms with van der Waals surface area (Å²) in [5.41, 5.74) is 2.13. The van der Waals surface area contributed by atoms with Crippen LogP contribution in [0.1, 0.15) is 44.0 Å². The third-order valence-electron chi connectivity index (χ3n) is 3.47. The number of ether oxygens (including phenoxy) is 1. The highest BCUT2D eigenvalue weighted by atomic mass is 79.9. The van der Waals surface area contributed by atoms with Gasteiger partial charge in [-0.05, 0) is 25.0 Å². The van der Waals surface area contributed by atoms with Crippen LogP contribution in [0.2, 0.25) is 0 Å². The van der Waals surface area contributed by atoms with Crippen LogP contribution >= 0.6 is 15.9 Å². The molecule has 0 N–H and O–H groups in total. The number of aromatic nitrogens is 2. The molecule has 1 heterocycles. The van der Waals surface area contributed by atoms with Crippen LogP contribution in [0.5, 0.6) is 5.75 Å². The van der Waals surface area contributed by atoms with E-state index in [1.807, 2.05) is 30.5 Å². The first-order valence-corrected chi connectivity index (χ1v) is 8.21. The lowest BCUT2D eigenvalue weighted by molar-refractivity contribution is 0.295. The lowest BCUT2D eigenvalue weighted by Crippen LogP contribution is -2.08. The molecule has 0 saturated heterocycles. The molecular formula is C16H21BrN2O. The standard InChI is InChI=1S/C16H21BrN2O/c1-3-15(4-2)19-10-9-14(18-19)12-20-16-8-6-5-7-13(16)11-17/h5-10,15H,3-4,11-12H2,1-2H3. The Labute approximate surface area is 129 Å². The third-order valence-corrected chi connectivity index (χ3v) is 4.08. The minimum atomic E-state index is 0.485. The quantitative estimate of drug-likeness (QED) is 0.684. The molecule has 108 valence electrons. The van der Waals surface area contributed by atoms with E-state index < -0.39 is 0 Å². The predicted molar refractivity (Wildman–Crippen MR) is 85.3 cm³/mol. The van der Waals surface area contributed by atoms with Gasteiger partial charge in [0, 0.05) is 17.1 Å². The van der Waals surface area contributed by atoms with E-state index in [0.717, 1.165) is 35.2 Å². The van der Waals surface area contributed by atoms with Crippen LogP contribution in [-0.2, 0) is 11.9 Å². The molecule has 2 aromatic rings. The number of hydrogen-bond acceptors (Lipinski definition) is 2. The van der Waals surface area contributed by atoms with E-state index in [9.17, 15) is 0 Å². The van der Waals surface area contributed by atoms with Crippen LogP contribution < -0.4 is 4.74 Å². The first kappa shape index (κ1) is 15.1. The topological polar surface area (TPSA) is 27.1 Å². The van der Waals surface area contributed by atoms with Crippen molar-refractivity contribution in [2.45, 2.75) is 44.7 Å². The fourth-order valence-corrected chi connectivity index (χ4v) is 2.69. The number of halogens is 1. The zero-order valence-electron chi connectivity index (χ0n) is 12.1.